The molecule has 0 saturated carbocycles. The van der Waals surface area contributed by atoms with Crippen molar-refractivity contribution in [3.63, 3.8) is 0 Å². The first kappa shape index (κ1) is 20.8. The Hall–Kier alpha value is -3.23. The van der Waals surface area contributed by atoms with Crippen LogP contribution in [0.15, 0.2) is 36.3 Å². The van der Waals surface area contributed by atoms with Crippen molar-refractivity contribution in [3.8, 4) is 0 Å². The highest BCUT2D eigenvalue weighted by molar-refractivity contribution is 5.91. The van der Waals surface area contributed by atoms with Crippen LogP contribution >= 0.6 is 0 Å². The molecule has 0 unspecified atom stereocenters. The Bertz CT molecular complexity index is 688. The molecule has 0 bridgehead atoms. The average molecular weight is 365 g/mol. The fraction of sp³-hybridized carbons (Fsp3) is 0.294. The third-order valence-electron chi connectivity index (χ3n) is 3.42. The van der Waals surface area contributed by atoms with Gasteiger partial charge in [-0.15, -0.1) is 0 Å². The van der Waals surface area contributed by atoms with Crippen LogP contribution in [0.4, 0.5) is 4.39 Å². The van der Waals surface area contributed by atoms with Gasteiger partial charge in [-0.2, -0.15) is 4.39 Å². The predicted molar refractivity (Wildman–Crippen MR) is 90.5 cm³/mol. The Labute approximate surface area is 149 Å². The van der Waals surface area contributed by atoms with Crippen LogP contribution in [-0.2, 0) is 20.9 Å². The molecule has 9 heteroatoms. The minimum absolute atomic E-state index is 0.142. The summed E-state index contributed by atoms with van der Waals surface area (Å²) in [6.45, 7) is 0.421. The molecule has 0 aliphatic heterocycles. The van der Waals surface area contributed by atoms with E-state index in [4.69, 9.17) is 5.11 Å². The summed E-state index contributed by atoms with van der Waals surface area (Å²) >= 11 is 0. The zero-order valence-electron chi connectivity index (χ0n) is 14.2. The van der Waals surface area contributed by atoms with Gasteiger partial charge in [0.1, 0.15) is 0 Å². The second-order valence-corrected chi connectivity index (χ2v) is 5.39. The van der Waals surface area contributed by atoms with Crippen LogP contribution in [0.2, 0.25) is 0 Å². The molecular weight excluding hydrogens is 345 g/mol. The predicted octanol–water partition coefficient (Wildman–Crippen LogP) is 0.796. The number of halogens is 1. The van der Waals surface area contributed by atoms with E-state index in [1.54, 1.807) is 12.1 Å². The first-order chi connectivity index (χ1) is 12.3. The number of carboxylic acid groups (broad SMARTS) is 1. The average Bonchev–Trinajstić information content (AvgIpc) is 2.63. The third-order valence-corrected chi connectivity index (χ3v) is 3.42. The van der Waals surface area contributed by atoms with Crippen molar-refractivity contribution in [2.24, 2.45) is 0 Å². The Morgan fingerprint density at radius 2 is 1.88 bits per heavy atom. The molecular formula is C17H20FN3O5. The number of carbonyl (C=O) groups excluding carboxylic acids is 3. The highest BCUT2D eigenvalue weighted by Gasteiger charge is 2.14. The molecule has 0 saturated heterocycles. The van der Waals surface area contributed by atoms with Crippen LogP contribution in [0, 0.1) is 0 Å². The molecule has 0 radical (unpaired) electrons. The van der Waals surface area contributed by atoms with Crippen molar-refractivity contribution in [1.82, 2.24) is 15.5 Å². The van der Waals surface area contributed by atoms with Gasteiger partial charge in [-0.1, -0.05) is 12.1 Å². The number of rotatable bonds is 10. The summed E-state index contributed by atoms with van der Waals surface area (Å²) in [7, 11) is 1.39. The van der Waals surface area contributed by atoms with Gasteiger partial charge in [0.25, 0.3) is 5.91 Å². The summed E-state index contributed by atoms with van der Waals surface area (Å²) in [6, 6.07) is 6.12. The van der Waals surface area contributed by atoms with E-state index in [0.29, 0.717) is 12.6 Å². The number of hydrogen-bond donors (Lipinski definition) is 3. The lowest BCUT2D eigenvalue weighted by molar-refractivity contribution is -0.128. The first-order valence-electron chi connectivity index (χ1n) is 7.75. The SMILES string of the molecule is CN(CCCC(=O)NCc1ccc(C(=O)O)cc1)C(=O)/C(F)=C\NC=O. The molecule has 0 aromatic heterocycles. The number of benzene rings is 1. The van der Waals surface area contributed by atoms with E-state index >= 15 is 0 Å². The lowest BCUT2D eigenvalue weighted by atomic mass is 10.1. The second kappa shape index (κ2) is 10.6. The molecule has 0 atom stereocenters. The number of hydrogen-bond acceptors (Lipinski definition) is 4. The molecule has 3 N–H and O–H groups in total. The lowest BCUT2D eigenvalue weighted by Crippen LogP contribution is -2.30. The molecule has 1 aromatic carbocycles. The van der Waals surface area contributed by atoms with Crippen LogP contribution < -0.4 is 10.6 Å². The number of nitrogens with one attached hydrogen (secondary N) is 2. The zero-order valence-corrected chi connectivity index (χ0v) is 14.2. The van der Waals surface area contributed by atoms with E-state index in [1.807, 2.05) is 5.32 Å². The van der Waals surface area contributed by atoms with Crippen molar-refractivity contribution in [1.29, 1.82) is 0 Å². The summed E-state index contributed by atoms with van der Waals surface area (Å²) in [5.41, 5.74) is 0.919. The lowest BCUT2D eigenvalue weighted by Gasteiger charge is -2.15. The Morgan fingerprint density at radius 3 is 2.46 bits per heavy atom. The number of aromatic carboxylic acids is 1. The molecule has 0 aliphatic rings. The molecule has 3 amide bonds. The maximum atomic E-state index is 13.3. The van der Waals surface area contributed by atoms with Gasteiger partial charge in [-0.05, 0) is 24.1 Å². The number of nitrogens with zero attached hydrogens (tertiary/aromatic N) is 1. The van der Waals surface area contributed by atoms with E-state index in [2.05, 4.69) is 5.32 Å². The molecule has 0 heterocycles. The second-order valence-electron chi connectivity index (χ2n) is 5.39. The van der Waals surface area contributed by atoms with Crippen LogP contribution in [0.3, 0.4) is 0 Å². The molecule has 1 aromatic rings. The van der Waals surface area contributed by atoms with E-state index in [0.717, 1.165) is 10.5 Å². The third kappa shape index (κ3) is 7.12. The summed E-state index contributed by atoms with van der Waals surface area (Å²) in [5.74, 6) is -3.26. The summed E-state index contributed by atoms with van der Waals surface area (Å²) in [4.78, 5) is 45.3. The number of carboxylic acids is 1. The standard InChI is InChI=1S/C17H20FN3O5/c1-21(16(24)14(18)10-19-11-22)8-2-3-15(23)20-9-12-4-6-13(7-5-12)17(25)26/h4-7,10-11H,2-3,8-9H2,1H3,(H,19,22)(H,20,23)(H,25,26)/b14-10+. The summed E-state index contributed by atoms with van der Waals surface area (Å²) in [5, 5.41) is 13.4. The molecule has 0 aliphatic carbocycles. The van der Waals surface area contributed by atoms with E-state index < -0.39 is 17.7 Å². The number of carbonyl (C=O) groups is 4. The largest absolute Gasteiger partial charge is 0.478 e. The van der Waals surface area contributed by atoms with Crippen LogP contribution in [0.25, 0.3) is 0 Å². The highest BCUT2D eigenvalue weighted by atomic mass is 19.1. The van der Waals surface area contributed by atoms with Crippen molar-refractivity contribution >= 4 is 24.2 Å². The minimum atomic E-state index is -1.10. The van der Waals surface area contributed by atoms with Crippen molar-refractivity contribution in [2.75, 3.05) is 13.6 Å². The molecule has 1 rings (SSSR count). The van der Waals surface area contributed by atoms with E-state index in [9.17, 15) is 23.6 Å². The zero-order chi connectivity index (χ0) is 19.5. The number of amides is 3. The summed E-state index contributed by atoms with van der Waals surface area (Å²) < 4.78 is 13.3. The maximum Gasteiger partial charge on any atom is 0.335 e. The molecule has 0 fully saturated rings. The van der Waals surface area contributed by atoms with Crippen LogP contribution in [-0.4, -0.2) is 47.8 Å². The van der Waals surface area contributed by atoms with Gasteiger partial charge in [-0.25, -0.2) is 4.79 Å². The molecule has 26 heavy (non-hydrogen) atoms. The molecule has 0 spiro atoms. The Balaban J connectivity index is 2.32. The van der Waals surface area contributed by atoms with Crippen LogP contribution in [0.5, 0.6) is 0 Å². The van der Waals surface area contributed by atoms with Crippen molar-refractivity contribution in [2.45, 2.75) is 19.4 Å². The fourth-order valence-corrected chi connectivity index (χ4v) is 1.98. The van der Waals surface area contributed by atoms with Gasteiger partial charge in [0, 0.05) is 32.8 Å². The normalized spacial score (nSPS) is 10.8. The van der Waals surface area contributed by atoms with Crippen LogP contribution in [0.1, 0.15) is 28.8 Å². The van der Waals surface area contributed by atoms with Crippen molar-refractivity contribution in [3.05, 3.63) is 47.4 Å². The van der Waals surface area contributed by atoms with Gasteiger partial charge in [0.2, 0.25) is 18.1 Å². The number of likely N-dealkylation sites (N-methyl/N-ethyl adjacent to an activating group) is 1. The fourth-order valence-electron chi connectivity index (χ4n) is 1.98. The maximum absolute atomic E-state index is 13.3. The van der Waals surface area contributed by atoms with Gasteiger partial charge in [0.05, 0.1) is 5.56 Å². The van der Waals surface area contributed by atoms with Gasteiger partial charge < -0.3 is 20.6 Å². The van der Waals surface area contributed by atoms with Gasteiger partial charge >= 0.3 is 5.97 Å². The quantitative estimate of drug-likeness (QED) is 0.419. The topological polar surface area (TPSA) is 116 Å². The first-order valence-corrected chi connectivity index (χ1v) is 7.75. The van der Waals surface area contributed by atoms with Gasteiger partial charge in [-0.3, -0.25) is 14.4 Å². The summed E-state index contributed by atoms with van der Waals surface area (Å²) in [6.07, 6.45) is 1.38. The van der Waals surface area contributed by atoms with Crippen molar-refractivity contribution < 1.29 is 28.7 Å². The smallest absolute Gasteiger partial charge is 0.335 e. The van der Waals surface area contributed by atoms with Gasteiger partial charge in [0.15, 0.2) is 0 Å². The molecule has 140 valence electrons. The highest BCUT2D eigenvalue weighted by Crippen LogP contribution is 2.05. The Kier molecular flexibility index (Phi) is 8.48. The Morgan fingerprint density at radius 1 is 1.23 bits per heavy atom. The van der Waals surface area contributed by atoms with E-state index in [1.165, 1.54) is 19.2 Å². The van der Waals surface area contributed by atoms with E-state index in [-0.39, 0.29) is 37.4 Å². The minimum Gasteiger partial charge on any atom is -0.478 e. The monoisotopic (exact) mass is 365 g/mol. The molecule has 8 nitrogen and oxygen atoms in total.